The Kier molecular flexibility index (Phi) is 3.66. The van der Waals surface area contributed by atoms with E-state index in [9.17, 15) is 4.79 Å². The van der Waals surface area contributed by atoms with Crippen molar-refractivity contribution in [1.82, 2.24) is 0 Å². The normalized spacial score (nSPS) is 22.5. The molecule has 0 aromatic heterocycles. The summed E-state index contributed by atoms with van der Waals surface area (Å²) in [5, 5.41) is 0. The molecule has 0 heterocycles. The van der Waals surface area contributed by atoms with E-state index in [1.165, 1.54) is 0 Å². The molecule has 0 saturated heterocycles. The van der Waals surface area contributed by atoms with Crippen LogP contribution >= 0.6 is 0 Å². The Morgan fingerprint density at radius 2 is 2.06 bits per heavy atom. The van der Waals surface area contributed by atoms with Gasteiger partial charge in [-0.2, -0.15) is 0 Å². The zero-order chi connectivity index (χ0) is 13.0. The van der Waals surface area contributed by atoms with Crippen LogP contribution < -0.4 is 0 Å². The molecule has 2 nitrogen and oxygen atoms in total. The van der Waals surface area contributed by atoms with E-state index in [1.807, 2.05) is 36.4 Å². The predicted molar refractivity (Wildman–Crippen MR) is 72.0 cm³/mol. The minimum atomic E-state index is -0.616. The topological polar surface area (TPSA) is 26.3 Å². The monoisotopic (exact) mass is 242 g/mol. The quantitative estimate of drug-likeness (QED) is 0.458. The Morgan fingerprint density at radius 1 is 1.33 bits per heavy atom. The van der Waals surface area contributed by atoms with Crippen LogP contribution in [0.5, 0.6) is 0 Å². The van der Waals surface area contributed by atoms with E-state index >= 15 is 0 Å². The number of carbonyl (C=O) groups excluding carboxylic acids is 1. The van der Waals surface area contributed by atoms with E-state index in [0.717, 1.165) is 24.8 Å². The van der Waals surface area contributed by atoms with Gasteiger partial charge in [0.15, 0.2) is 5.60 Å². The van der Waals surface area contributed by atoms with Crippen LogP contribution in [0.25, 0.3) is 0 Å². The number of hydrogen-bond donors (Lipinski definition) is 0. The molecular formula is C16H18O2. The van der Waals surface area contributed by atoms with Gasteiger partial charge in [-0.25, -0.2) is 4.79 Å². The SMILES string of the molecule is C=C(C)C(=O)OC1(c2ccccc2)C=CCCC1. The molecule has 94 valence electrons. The summed E-state index contributed by atoms with van der Waals surface area (Å²) in [5.74, 6) is -0.328. The second kappa shape index (κ2) is 5.21. The summed E-state index contributed by atoms with van der Waals surface area (Å²) < 4.78 is 5.70. The van der Waals surface area contributed by atoms with Crippen molar-refractivity contribution in [2.24, 2.45) is 0 Å². The maximum absolute atomic E-state index is 11.8. The summed E-state index contributed by atoms with van der Waals surface area (Å²) in [4.78, 5) is 11.8. The first-order valence-corrected chi connectivity index (χ1v) is 6.26. The lowest BCUT2D eigenvalue weighted by molar-refractivity contribution is -0.152. The summed E-state index contributed by atoms with van der Waals surface area (Å²) in [6.07, 6.45) is 6.98. The Labute approximate surface area is 108 Å². The standard InChI is InChI=1S/C16H18O2/c1-13(2)15(17)18-16(11-7-4-8-12-16)14-9-5-3-6-10-14/h3,5-7,9-11H,1,4,8,12H2,2H3. The number of esters is 1. The van der Waals surface area contributed by atoms with E-state index < -0.39 is 5.60 Å². The molecule has 1 aromatic carbocycles. The summed E-state index contributed by atoms with van der Waals surface area (Å²) in [6, 6.07) is 9.90. The highest BCUT2D eigenvalue weighted by Crippen LogP contribution is 2.36. The van der Waals surface area contributed by atoms with Crippen molar-refractivity contribution < 1.29 is 9.53 Å². The van der Waals surface area contributed by atoms with Crippen molar-refractivity contribution in [1.29, 1.82) is 0 Å². The second-order valence-corrected chi connectivity index (χ2v) is 4.72. The highest BCUT2D eigenvalue weighted by atomic mass is 16.6. The van der Waals surface area contributed by atoms with Gasteiger partial charge in [-0.05, 0) is 37.8 Å². The molecule has 0 amide bonds. The number of allylic oxidation sites excluding steroid dienone is 1. The average Bonchev–Trinajstić information content (AvgIpc) is 2.40. The van der Waals surface area contributed by atoms with E-state index in [4.69, 9.17) is 4.74 Å². The van der Waals surface area contributed by atoms with Crippen molar-refractivity contribution >= 4 is 5.97 Å². The van der Waals surface area contributed by atoms with Crippen LogP contribution in [-0.4, -0.2) is 5.97 Å². The maximum atomic E-state index is 11.8. The lowest BCUT2D eigenvalue weighted by atomic mass is 9.84. The molecular weight excluding hydrogens is 224 g/mol. The van der Waals surface area contributed by atoms with Crippen molar-refractivity contribution in [3.63, 3.8) is 0 Å². The van der Waals surface area contributed by atoms with Gasteiger partial charge in [0.2, 0.25) is 0 Å². The summed E-state index contributed by atoms with van der Waals surface area (Å²) in [7, 11) is 0. The third kappa shape index (κ3) is 2.53. The fraction of sp³-hybridized carbons (Fsp3) is 0.312. The minimum absolute atomic E-state index is 0.328. The van der Waals surface area contributed by atoms with Gasteiger partial charge in [-0.1, -0.05) is 43.0 Å². The van der Waals surface area contributed by atoms with E-state index in [0.29, 0.717) is 5.57 Å². The van der Waals surface area contributed by atoms with E-state index in [1.54, 1.807) is 6.92 Å². The summed E-state index contributed by atoms with van der Waals surface area (Å²) >= 11 is 0. The number of ether oxygens (including phenoxy) is 1. The molecule has 1 aliphatic carbocycles. The first kappa shape index (κ1) is 12.6. The van der Waals surface area contributed by atoms with Crippen molar-refractivity contribution in [3.05, 3.63) is 60.2 Å². The largest absolute Gasteiger partial charge is 0.447 e. The third-order valence-electron chi connectivity index (χ3n) is 3.19. The van der Waals surface area contributed by atoms with Gasteiger partial charge in [0, 0.05) is 5.57 Å². The Balaban J connectivity index is 2.35. The summed E-state index contributed by atoms with van der Waals surface area (Å²) in [6.45, 7) is 5.32. The number of benzene rings is 1. The molecule has 0 saturated carbocycles. The molecule has 2 rings (SSSR count). The molecule has 0 bridgehead atoms. The van der Waals surface area contributed by atoms with Crippen LogP contribution in [0.2, 0.25) is 0 Å². The van der Waals surface area contributed by atoms with Crippen LogP contribution in [0.15, 0.2) is 54.6 Å². The van der Waals surface area contributed by atoms with Crippen LogP contribution in [0.4, 0.5) is 0 Å². The zero-order valence-electron chi connectivity index (χ0n) is 10.7. The first-order valence-electron chi connectivity index (χ1n) is 6.26. The molecule has 1 aliphatic rings. The fourth-order valence-electron chi connectivity index (χ4n) is 2.20. The van der Waals surface area contributed by atoms with Crippen molar-refractivity contribution in [2.75, 3.05) is 0 Å². The molecule has 1 unspecified atom stereocenters. The van der Waals surface area contributed by atoms with Crippen molar-refractivity contribution in [3.8, 4) is 0 Å². The number of hydrogen-bond acceptors (Lipinski definition) is 2. The second-order valence-electron chi connectivity index (χ2n) is 4.72. The van der Waals surface area contributed by atoms with Crippen LogP contribution in [-0.2, 0) is 15.1 Å². The summed E-state index contributed by atoms with van der Waals surface area (Å²) in [5.41, 5.74) is 0.843. The van der Waals surface area contributed by atoms with Gasteiger partial charge in [-0.15, -0.1) is 0 Å². The van der Waals surface area contributed by atoms with Gasteiger partial charge < -0.3 is 4.74 Å². The van der Waals surface area contributed by atoms with Gasteiger partial charge in [-0.3, -0.25) is 0 Å². The number of rotatable bonds is 3. The zero-order valence-corrected chi connectivity index (χ0v) is 10.7. The highest BCUT2D eigenvalue weighted by molar-refractivity contribution is 5.87. The van der Waals surface area contributed by atoms with Gasteiger partial charge in [0.25, 0.3) is 0 Å². The van der Waals surface area contributed by atoms with Crippen LogP contribution in [0.1, 0.15) is 31.7 Å². The Bertz CT molecular complexity index is 473. The molecule has 1 aromatic rings. The molecule has 0 N–H and O–H groups in total. The average molecular weight is 242 g/mol. The highest BCUT2D eigenvalue weighted by Gasteiger charge is 2.34. The van der Waals surface area contributed by atoms with Gasteiger partial charge in [0.05, 0.1) is 0 Å². The first-order chi connectivity index (χ1) is 8.64. The predicted octanol–water partition coefficient (Wildman–Crippen LogP) is 3.74. The number of carbonyl (C=O) groups is 1. The minimum Gasteiger partial charge on any atom is -0.447 e. The van der Waals surface area contributed by atoms with Crippen LogP contribution in [0, 0.1) is 0 Å². The Hall–Kier alpha value is -1.83. The fourth-order valence-corrected chi connectivity index (χ4v) is 2.20. The third-order valence-corrected chi connectivity index (χ3v) is 3.19. The lowest BCUT2D eigenvalue weighted by Gasteiger charge is -2.33. The molecule has 2 heteroatoms. The molecule has 0 aliphatic heterocycles. The van der Waals surface area contributed by atoms with E-state index in [-0.39, 0.29) is 5.97 Å². The van der Waals surface area contributed by atoms with Crippen LogP contribution in [0.3, 0.4) is 0 Å². The van der Waals surface area contributed by atoms with Crippen molar-refractivity contribution in [2.45, 2.75) is 31.8 Å². The molecule has 18 heavy (non-hydrogen) atoms. The van der Waals surface area contributed by atoms with Gasteiger partial charge in [0.1, 0.15) is 0 Å². The smallest absolute Gasteiger partial charge is 0.334 e. The Morgan fingerprint density at radius 3 is 2.61 bits per heavy atom. The lowest BCUT2D eigenvalue weighted by Crippen LogP contribution is -2.32. The van der Waals surface area contributed by atoms with Gasteiger partial charge >= 0.3 is 5.97 Å². The molecule has 0 fully saturated rings. The molecule has 0 spiro atoms. The maximum Gasteiger partial charge on any atom is 0.334 e. The molecule has 1 atom stereocenters. The molecule has 0 radical (unpaired) electrons. The van der Waals surface area contributed by atoms with E-state index in [2.05, 4.69) is 12.7 Å².